The lowest BCUT2D eigenvalue weighted by molar-refractivity contribution is -0.121. The molecule has 4 aromatic carbocycles. The minimum atomic E-state index is -0.650. The topological polar surface area (TPSA) is 113 Å². The number of Topliss-reactive ketones (excluding diaryl/α,β-unsaturated/α-hetero) is 1. The molecule has 0 unspecified atom stereocenters. The second-order valence-corrected chi connectivity index (χ2v) is 11.5. The first-order chi connectivity index (χ1) is 21.2. The van der Waals surface area contributed by atoms with Crippen LogP contribution in [0.2, 0.25) is 0 Å². The first-order valence-corrected chi connectivity index (χ1v) is 14.8. The molecule has 4 amide bonds. The highest BCUT2D eigenvalue weighted by molar-refractivity contribution is 8.00. The average Bonchev–Trinajstić information content (AvgIpc) is 3.30. The summed E-state index contributed by atoms with van der Waals surface area (Å²) in [5.41, 5.74) is 3.56. The van der Waals surface area contributed by atoms with Crippen LogP contribution in [0.25, 0.3) is 6.08 Å². The van der Waals surface area contributed by atoms with Crippen molar-refractivity contribution in [1.82, 2.24) is 5.32 Å². The van der Waals surface area contributed by atoms with Gasteiger partial charge in [0, 0.05) is 28.1 Å². The summed E-state index contributed by atoms with van der Waals surface area (Å²) < 4.78 is 0. The molecule has 44 heavy (non-hydrogen) atoms. The molecule has 9 heteroatoms. The zero-order valence-electron chi connectivity index (χ0n) is 24.1. The molecule has 1 aliphatic rings. The molecule has 0 bridgehead atoms. The number of ketones is 1. The van der Waals surface area contributed by atoms with Crippen molar-refractivity contribution in [3.63, 3.8) is 0 Å². The fraction of sp³-hybridized carbons (Fsp3) is 0.114. The van der Waals surface area contributed by atoms with Crippen LogP contribution in [0.4, 0.5) is 11.4 Å². The first-order valence-electron chi connectivity index (χ1n) is 13.9. The van der Waals surface area contributed by atoms with E-state index in [9.17, 15) is 24.0 Å². The van der Waals surface area contributed by atoms with Gasteiger partial charge in [-0.2, -0.15) is 0 Å². The van der Waals surface area contributed by atoms with Gasteiger partial charge >= 0.3 is 0 Å². The van der Waals surface area contributed by atoms with Gasteiger partial charge in [0.25, 0.3) is 11.8 Å². The van der Waals surface area contributed by atoms with E-state index in [4.69, 9.17) is 0 Å². The van der Waals surface area contributed by atoms with Crippen molar-refractivity contribution in [3.8, 4) is 0 Å². The predicted octanol–water partition coefficient (Wildman–Crippen LogP) is 6.03. The van der Waals surface area contributed by atoms with Crippen LogP contribution >= 0.6 is 11.8 Å². The number of anilines is 2. The molecule has 1 atom stereocenters. The molecule has 1 saturated heterocycles. The van der Waals surface area contributed by atoms with Crippen molar-refractivity contribution in [3.05, 3.63) is 131 Å². The number of nitrogens with one attached hydrogen (secondary N) is 2. The van der Waals surface area contributed by atoms with Gasteiger partial charge in [-0.15, -0.1) is 11.8 Å². The molecule has 1 aliphatic heterocycles. The number of imide groups is 1. The lowest BCUT2D eigenvalue weighted by Gasteiger charge is -2.15. The Hall–Kier alpha value is -5.28. The summed E-state index contributed by atoms with van der Waals surface area (Å²) in [5, 5.41) is 4.94. The number of hydrogen-bond acceptors (Lipinski definition) is 6. The van der Waals surface area contributed by atoms with E-state index in [-0.39, 0.29) is 29.7 Å². The Morgan fingerprint density at radius 2 is 1.55 bits per heavy atom. The average molecular weight is 604 g/mol. The summed E-state index contributed by atoms with van der Waals surface area (Å²) in [7, 11) is 0. The Morgan fingerprint density at radius 3 is 2.25 bits per heavy atom. The number of nitrogens with zero attached hydrogens (tertiary/aromatic N) is 1. The van der Waals surface area contributed by atoms with Gasteiger partial charge in [0.2, 0.25) is 11.8 Å². The third-order valence-corrected chi connectivity index (χ3v) is 8.20. The smallest absolute Gasteiger partial charge is 0.272 e. The van der Waals surface area contributed by atoms with Crippen molar-refractivity contribution in [2.24, 2.45) is 0 Å². The number of carbonyl (C=O) groups excluding carboxylic acids is 5. The van der Waals surface area contributed by atoms with Crippen LogP contribution in [-0.4, -0.2) is 34.7 Å². The molecular weight excluding hydrogens is 574 g/mol. The molecule has 1 heterocycles. The summed E-state index contributed by atoms with van der Waals surface area (Å²) in [6, 6.07) is 29.5. The second-order valence-electron chi connectivity index (χ2n) is 10.2. The molecule has 220 valence electrons. The van der Waals surface area contributed by atoms with Gasteiger partial charge in [0.1, 0.15) is 5.70 Å². The van der Waals surface area contributed by atoms with Crippen LogP contribution in [0.1, 0.15) is 45.2 Å². The van der Waals surface area contributed by atoms with E-state index < -0.39 is 17.1 Å². The summed E-state index contributed by atoms with van der Waals surface area (Å²) in [6.45, 7) is 3.37. The van der Waals surface area contributed by atoms with Gasteiger partial charge in [0.05, 0.1) is 10.9 Å². The largest absolute Gasteiger partial charge is 0.321 e. The van der Waals surface area contributed by atoms with E-state index >= 15 is 0 Å². The highest BCUT2D eigenvalue weighted by Crippen LogP contribution is 2.35. The molecule has 2 N–H and O–H groups in total. The van der Waals surface area contributed by atoms with E-state index in [1.54, 1.807) is 84.9 Å². The molecule has 0 saturated carbocycles. The first kappa shape index (κ1) is 30.2. The number of hydrogen-bond donors (Lipinski definition) is 2. The maximum Gasteiger partial charge on any atom is 0.272 e. The Labute approximate surface area is 259 Å². The number of benzene rings is 4. The monoisotopic (exact) mass is 603 g/mol. The highest BCUT2D eigenvalue weighted by Gasteiger charge is 2.40. The highest BCUT2D eigenvalue weighted by atomic mass is 32.2. The lowest BCUT2D eigenvalue weighted by atomic mass is 10.1. The van der Waals surface area contributed by atoms with Crippen LogP contribution in [0.5, 0.6) is 0 Å². The van der Waals surface area contributed by atoms with E-state index in [1.165, 1.54) is 18.7 Å². The van der Waals surface area contributed by atoms with Gasteiger partial charge in [-0.25, -0.2) is 4.90 Å². The van der Waals surface area contributed by atoms with E-state index in [1.807, 2.05) is 31.2 Å². The van der Waals surface area contributed by atoms with Crippen LogP contribution in [0.15, 0.2) is 114 Å². The van der Waals surface area contributed by atoms with Crippen LogP contribution < -0.4 is 15.5 Å². The van der Waals surface area contributed by atoms with Crippen molar-refractivity contribution in [1.29, 1.82) is 0 Å². The number of aryl methyl sites for hydroxylation is 1. The second kappa shape index (κ2) is 13.4. The van der Waals surface area contributed by atoms with Crippen molar-refractivity contribution >= 4 is 58.6 Å². The van der Waals surface area contributed by atoms with Crippen molar-refractivity contribution < 1.29 is 24.0 Å². The molecule has 0 aromatic heterocycles. The number of thioether (sulfide) groups is 1. The molecule has 4 aromatic rings. The fourth-order valence-corrected chi connectivity index (χ4v) is 5.78. The summed E-state index contributed by atoms with van der Waals surface area (Å²) in [6.07, 6.45) is 1.65. The van der Waals surface area contributed by atoms with E-state index in [2.05, 4.69) is 10.6 Å². The molecule has 0 spiro atoms. The van der Waals surface area contributed by atoms with Gasteiger partial charge in [-0.3, -0.25) is 24.0 Å². The fourth-order valence-electron chi connectivity index (χ4n) is 4.67. The van der Waals surface area contributed by atoms with E-state index in [0.717, 1.165) is 16.0 Å². The third-order valence-electron chi connectivity index (χ3n) is 7.02. The Kier molecular flexibility index (Phi) is 9.16. The molecule has 0 radical (unpaired) electrons. The van der Waals surface area contributed by atoms with Crippen molar-refractivity contribution in [2.45, 2.75) is 30.4 Å². The maximum atomic E-state index is 13.5. The SMILES string of the molecule is CC(=O)c1ccc(N2C(=O)C[C@H](Sc3cccc(NC(=O)/C(=C/c4ccccc4C)NC(=O)c4ccccc4)c3)C2=O)cc1. The van der Waals surface area contributed by atoms with Crippen LogP contribution in [0.3, 0.4) is 0 Å². The lowest BCUT2D eigenvalue weighted by Crippen LogP contribution is -2.31. The standard InChI is InChI=1S/C35H29N3O5S/c1-22-9-6-7-12-26(22)19-30(37-33(41)25-10-4-3-5-11-25)34(42)36-27-13-8-14-29(20-27)44-31-21-32(40)38(35(31)43)28-17-15-24(16-18-28)23(2)39/h3-20,31H,21H2,1-2H3,(H,36,42)(H,37,41)/b30-19-/t31-/m0/s1. The van der Waals surface area contributed by atoms with Gasteiger partial charge < -0.3 is 10.6 Å². The molecule has 0 aliphatic carbocycles. The van der Waals surface area contributed by atoms with Crippen molar-refractivity contribution in [2.75, 3.05) is 10.2 Å². The number of rotatable bonds is 9. The zero-order valence-corrected chi connectivity index (χ0v) is 24.9. The minimum absolute atomic E-state index is 0.0172. The molecule has 5 rings (SSSR count). The van der Waals surface area contributed by atoms with Gasteiger partial charge in [0.15, 0.2) is 5.78 Å². The molecule has 8 nitrogen and oxygen atoms in total. The van der Waals surface area contributed by atoms with E-state index in [0.29, 0.717) is 27.4 Å². The number of carbonyl (C=O) groups is 5. The molecule has 1 fully saturated rings. The Balaban J connectivity index is 1.32. The zero-order chi connectivity index (χ0) is 31.2. The quantitative estimate of drug-likeness (QED) is 0.137. The van der Waals surface area contributed by atoms with Gasteiger partial charge in [-0.1, -0.05) is 48.5 Å². The Bertz CT molecular complexity index is 1780. The normalized spacial score (nSPS) is 14.8. The van der Waals surface area contributed by atoms with Gasteiger partial charge in [-0.05, 0) is 85.6 Å². The van der Waals surface area contributed by atoms with Crippen LogP contribution in [0, 0.1) is 6.92 Å². The molecular formula is C35H29N3O5S. The minimum Gasteiger partial charge on any atom is -0.321 e. The summed E-state index contributed by atoms with van der Waals surface area (Å²) in [4.78, 5) is 65.9. The predicted molar refractivity (Wildman–Crippen MR) is 171 cm³/mol. The summed E-state index contributed by atoms with van der Waals surface area (Å²) >= 11 is 1.23. The van der Waals surface area contributed by atoms with Crippen LogP contribution in [-0.2, 0) is 14.4 Å². The Morgan fingerprint density at radius 1 is 0.841 bits per heavy atom. The summed E-state index contributed by atoms with van der Waals surface area (Å²) in [5.74, 6) is -1.72. The maximum absolute atomic E-state index is 13.5. The number of amides is 4. The third kappa shape index (κ3) is 7.02.